The van der Waals surface area contributed by atoms with Gasteiger partial charge in [-0.2, -0.15) is 9.97 Å². The number of rotatable bonds is 3. The van der Waals surface area contributed by atoms with Crippen molar-refractivity contribution in [1.82, 2.24) is 19.7 Å². The summed E-state index contributed by atoms with van der Waals surface area (Å²) in [5.74, 6) is 1.64. The zero-order chi connectivity index (χ0) is 13.6. The lowest BCUT2D eigenvalue weighted by Gasteiger charge is -2.09. The van der Waals surface area contributed by atoms with Gasteiger partial charge in [-0.15, -0.1) is 0 Å². The third-order valence-electron chi connectivity index (χ3n) is 3.25. The van der Waals surface area contributed by atoms with Crippen molar-refractivity contribution in [2.45, 2.75) is 39.2 Å². The first-order chi connectivity index (χ1) is 9.06. The molecule has 19 heavy (non-hydrogen) atoms. The van der Waals surface area contributed by atoms with Crippen molar-refractivity contribution in [2.24, 2.45) is 0 Å². The van der Waals surface area contributed by atoms with Crippen LogP contribution in [-0.2, 0) is 6.54 Å². The van der Waals surface area contributed by atoms with Gasteiger partial charge in [0.15, 0.2) is 5.82 Å². The Hall–Kier alpha value is -1.50. The van der Waals surface area contributed by atoms with E-state index in [2.05, 4.69) is 31.1 Å². The van der Waals surface area contributed by atoms with Gasteiger partial charge in [0.25, 0.3) is 0 Å². The Morgan fingerprint density at radius 1 is 1.37 bits per heavy atom. The van der Waals surface area contributed by atoms with Crippen LogP contribution in [0.2, 0.25) is 0 Å². The fraction of sp³-hybridized carbons (Fsp3) is 0.500. The molecule has 6 nitrogen and oxygen atoms in total. The molecule has 0 unspecified atom stereocenters. The fourth-order valence-electron chi connectivity index (χ4n) is 1.94. The molecule has 0 bridgehead atoms. The van der Waals surface area contributed by atoms with Gasteiger partial charge in [0, 0.05) is 11.6 Å². The quantitative estimate of drug-likeness (QED) is 0.862. The van der Waals surface area contributed by atoms with Crippen molar-refractivity contribution in [3.05, 3.63) is 38.1 Å². The molecule has 0 radical (unpaired) electrons. The molecule has 3 rings (SSSR count). The predicted octanol–water partition coefficient (Wildman–Crippen LogP) is 1.93. The van der Waals surface area contributed by atoms with Gasteiger partial charge in [-0.1, -0.05) is 5.16 Å². The molecule has 0 amide bonds. The lowest BCUT2D eigenvalue weighted by atomic mass is 10.3. The first-order valence-electron chi connectivity index (χ1n) is 6.12. The Kier molecular flexibility index (Phi) is 3.00. The number of nitrogens with zero attached hydrogens (tertiary/aromatic N) is 4. The Morgan fingerprint density at radius 2 is 2.11 bits per heavy atom. The van der Waals surface area contributed by atoms with Crippen molar-refractivity contribution < 1.29 is 4.52 Å². The maximum absolute atomic E-state index is 11.9. The SMILES string of the molecule is Cc1nc(=O)n(Cc2nc(C3CC3)no2)c(C)c1Br. The van der Waals surface area contributed by atoms with E-state index in [0.29, 0.717) is 17.5 Å². The van der Waals surface area contributed by atoms with Crippen LogP contribution in [0.1, 0.15) is 41.9 Å². The summed E-state index contributed by atoms with van der Waals surface area (Å²) in [7, 11) is 0. The minimum atomic E-state index is -0.302. The normalized spacial score (nSPS) is 14.9. The monoisotopic (exact) mass is 324 g/mol. The van der Waals surface area contributed by atoms with E-state index in [9.17, 15) is 4.79 Å². The van der Waals surface area contributed by atoms with E-state index in [4.69, 9.17) is 4.52 Å². The molecule has 0 aromatic carbocycles. The molecule has 0 spiro atoms. The number of hydrogen-bond donors (Lipinski definition) is 0. The van der Waals surface area contributed by atoms with E-state index in [-0.39, 0.29) is 12.2 Å². The summed E-state index contributed by atoms with van der Waals surface area (Å²) in [4.78, 5) is 20.2. The first kappa shape index (κ1) is 12.5. The smallest absolute Gasteiger partial charge is 0.337 e. The molecule has 7 heteroatoms. The summed E-state index contributed by atoms with van der Waals surface area (Å²) in [6, 6.07) is 0. The minimum Gasteiger partial charge on any atom is -0.337 e. The van der Waals surface area contributed by atoms with Gasteiger partial charge in [0.05, 0.1) is 10.2 Å². The van der Waals surface area contributed by atoms with Gasteiger partial charge < -0.3 is 4.52 Å². The maximum atomic E-state index is 11.9. The number of aryl methyl sites for hydroxylation is 1. The molecule has 0 N–H and O–H groups in total. The van der Waals surface area contributed by atoms with E-state index < -0.39 is 0 Å². The Morgan fingerprint density at radius 3 is 2.79 bits per heavy atom. The van der Waals surface area contributed by atoms with E-state index in [1.165, 1.54) is 4.57 Å². The molecule has 2 aromatic heterocycles. The van der Waals surface area contributed by atoms with Crippen molar-refractivity contribution >= 4 is 15.9 Å². The summed E-state index contributed by atoms with van der Waals surface area (Å²) < 4.78 is 7.54. The van der Waals surface area contributed by atoms with Gasteiger partial charge in [-0.3, -0.25) is 4.57 Å². The molecule has 0 saturated heterocycles. The zero-order valence-electron chi connectivity index (χ0n) is 10.7. The molecule has 100 valence electrons. The average Bonchev–Trinajstić information content (AvgIpc) is 3.12. The van der Waals surface area contributed by atoms with Crippen LogP contribution in [0.5, 0.6) is 0 Å². The van der Waals surface area contributed by atoms with E-state index >= 15 is 0 Å². The van der Waals surface area contributed by atoms with Gasteiger partial charge in [-0.05, 0) is 42.6 Å². The zero-order valence-corrected chi connectivity index (χ0v) is 12.3. The number of halogens is 1. The van der Waals surface area contributed by atoms with Crippen LogP contribution >= 0.6 is 15.9 Å². The highest BCUT2D eigenvalue weighted by molar-refractivity contribution is 9.10. The average molecular weight is 325 g/mol. The molecule has 1 aliphatic rings. The fourth-order valence-corrected chi connectivity index (χ4v) is 2.24. The Bertz CT molecular complexity index is 688. The number of hydrogen-bond acceptors (Lipinski definition) is 5. The minimum absolute atomic E-state index is 0.260. The molecular formula is C12H13BrN4O2. The standard InChI is InChI=1S/C12H13BrN4O2/c1-6-10(13)7(2)17(12(18)14-6)5-9-15-11(16-19-9)8-3-4-8/h8H,3-5H2,1-2H3. The van der Waals surface area contributed by atoms with E-state index in [1.807, 2.05) is 6.92 Å². The second kappa shape index (κ2) is 4.56. The van der Waals surface area contributed by atoms with Gasteiger partial charge in [-0.25, -0.2) is 4.79 Å². The molecule has 2 aromatic rings. The van der Waals surface area contributed by atoms with Crippen molar-refractivity contribution in [2.75, 3.05) is 0 Å². The van der Waals surface area contributed by atoms with Gasteiger partial charge in [0.1, 0.15) is 6.54 Å². The van der Waals surface area contributed by atoms with Crippen LogP contribution in [0, 0.1) is 13.8 Å². The van der Waals surface area contributed by atoms with Crippen LogP contribution in [0.15, 0.2) is 13.8 Å². The molecule has 1 fully saturated rings. The van der Waals surface area contributed by atoms with Gasteiger partial charge >= 0.3 is 5.69 Å². The van der Waals surface area contributed by atoms with Crippen LogP contribution in [0.4, 0.5) is 0 Å². The second-order valence-corrected chi connectivity index (χ2v) is 5.58. The largest absolute Gasteiger partial charge is 0.348 e. The topological polar surface area (TPSA) is 73.8 Å². The maximum Gasteiger partial charge on any atom is 0.348 e. The summed E-state index contributed by atoms with van der Waals surface area (Å²) in [5, 5.41) is 3.94. The summed E-state index contributed by atoms with van der Waals surface area (Å²) >= 11 is 3.43. The lowest BCUT2D eigenvalue weighted by molar-refractivity contribution is 0.363. The predicted molar refractivity (Wildman–Crippen MR) is 71.0 cm³/mol. The van der Waals surface area contributed by atoms with E-state index in [1.54, 1.807) is 6.92 Å². The Labute approximate surface area is 118 Å². The van der Waals surface area contributed by atoms with E-state index in [0.717, 1.165) is 28.8 Å². The third kappa shape index (κ3) is 2.34. The first-order valence-corrected chi connectivity index (χ1v) is 6.91. The molecule has 1 saturated carbocycles. The highest BCUT2D eigenvalue weighted by Crippen LogP contribution is 2.38. The number of aromatic nitrogens is 4. The molecular weight excluding hydrogens is 312 g/mol. The summed E-state index contributed by atoms with van der Waals surface area (Å²) in [5.41, 5.74) is 1.19. The molecule has 1 aliphatic carbocycles. The lowest BCUT2D eigenvalue weighted by Crippen LogP contribution is -2.27. The van der Waals surface area contributed by atoms with Crippen LogP contribution in [-0.4, -0.2) is 19.7 Å². The van der Waals surface area contributed by atoms with Crippen molar-refractivity contribution in [3.8, 4) is 0 Å². The molecule has 0 atom stereocenters. The summed E-state index contributed by atoms with van der Waals surface area (Å²) in [6.07, 6.45) is 2.24. The molecule has 2 heterocycles. The molecule has 0 aliphatic heterocycles. The van der Waals surface area contributed by atoms with Crippen LogP contribution in [0.25, 0.3) is 0 Å². The summed E-state index contributed by atoms with van der Waals surface area (Å²) in [6.45, 7) is 3.91. The highest BCUT2D eigenvalue weighted by atomic mass is 79.9. The second-order valence-electron chi connectivity index (χ2n) is 4.79. The van der Waals surface area contributed by atoms with Crippen LogP contribution < -0.4 is 5.69 Å². The Balaban J connectivity index is 1.93. The van der Waals surface area contributed by atoms with Crippen molar-refractivity contribution in [3.63, 3.8) is 0 Å². The highest BCUT2D eigenvalue weighted by Gasteiger charge is 2.28. The van der Waals surface area contributed by atoms with Crippen LogP contribution in [0.3, 0.4) is 0 Å². The van der Waals surface area contributed by atoms with Gasteiger partial charge in [0.2, 0.25) is 5.89 Å². The third-order valence-corrected chi connectivity index (χ3v) is 4.40. The van der Waals surface area contributed by atoms with Crippen molar-refractivity contribution in [1.29, 1.82) is 0 Å².